The predicted octanol–water partition coefficient (Wildman–Crippen LogP) is 2.17. The van der Waals surface area contributed by atoms with Crippen LogP contribution in [0, 0.1) is 5.82 Å². The zero-order valence-electron chi connectivity index (χ0n) is 15.1. The highest BCUT2D eigenvalue weighted by atomic mass is 32.2. The zero-order valence-corrected chi connectivity index (χ0v) is 15.9. The normalized spacial score (nSPS) is 18.0. The van der Waals surface area contributed by atoms with Gasteiger partial charge in [-0.25, -0.2) is 4.39 Å². The maximum atomic E-state index is 12.9. The number of piperidine rings is 1. The number of hydrogen-bond acceptors (Lipinski definition) is 5. The van der Waals surface area contributed by atoms with E-state index in [-0.39, 0.29) is 11.7 Å². The number of thioether (sulfide) groups is 1. The van der Waals surface area contributed by atoms with E-state index < -0.39 is 0 Å². The van der Waals surface area contributed by atoms with Gasteiger partial charge in [0, 0.05) is 26.1 Å². The van der Waals surface area contributed by atoms with Gasteiger partial charge in [-0.15, -0.1) is 10.2 Å². The summed E-state index contributed by atoms with van der Waals surface area (Å²) < 4.78 is 15.0. The summed E-state index contributed by atoms with van der Waals surface area (Å²) >= 11 is 1.59. The third-order valence-corrected chi connectivity index (χ3v) is 5.41. The molecule has 3 rings (SSSR count). The van der Waals surface area contributed by atoms with Crippen molar-refractivity contribution in [1.82, 2.24) is 25.0 Å². The Hall–Kier alpha value is -1.93. The van der Waals surface area contributed by atoms with Crippen molar-refractivity contribution in [1.29, 1.82) is 0 Å². The first kappa shape index (κ1) is 18.8. The van der Waals surface area contributed by atoms with Crippen molar-refractivity contribution in [3.63, 3.8) is 0 Å². The summed E-state index contributed by atoms with van der Waals surface area (Å²) in [6, 6.07) is 6.18. The molecule has 1 aromatic carbocycles. The van der Waals surface area contributed by atoms with Crippen molar-refractivity contribution in [3.8, 4) is 0 Å². The van der Waals surface area contributed by atoms with E-state index in [1.165, 1.54) is 12.1 Å². The summed E-state index contributed by atoms with van der Waals surface area (Å²) in [4.78, 5) is 14.4. The van der Waals surface area contributed by atoms with Crippen LogP contribution in [0.25, 0.3) is 0 Å². The van der Waals surface area contributed by atoms with Crippen LogP contribution in [0.1, 0.15) is 30.1 Å². The number of likely N-dealkylation sites (tertiary alicyclic amines) is 1. The molecule has 6 nitrogen and oxygen atoms in total. The number of nitrogens with zero attached hydrogens (tertiary/aromatic N) is 4. The Morgan fingerprint density at radius 3 is 2.81 bits per heavy atom. The third kappa shape index (κ3) is 4.62. The molecule has 0 bridgehead atoms. The summed E-state index contributed by atoms with van der Waals surface area (Å²) in [5, 5.41) is 12.4. The monoisotopic (exact) mass is 377 g/mol. The van der Waals surface area contributed by atoms with Crippen LogP contribution < -0.4 is 5.32 Å². The molecule has 0 radical (unpaired) electrons. The molecule has 2 aromatic rings. The van der Waals surface area contributed by atoms with Gasteiger partial charge in [0.05, 0.1) is 6.54 Å². The highest BCUT2D eigenvalue weighted by molar-refractivity contribution is 7.98. The highest BCUT2D eigenvalue weighted by Crippen LogP contribution is 2.27. The lowest BCUT2D eigenvalue weighted by molar-refractivity contribution is -0.122. The Balaban J connectivity index is 1.52. The van der Waals surface area contributed by atoms with E-state index in [1.54, 1.807) is 23.9 Å². The molecule has 1 fully saturated rings. The van der Waals surface area contributed by atoms with Gasteiger partial charge < -0.3 is 9.88 Å². The molecule has 2 heterocycles. The minimum Gasteiger partial charge on any atom is -0.351 e. The van der Waals surface area contributed by atoms with E-state index in [2.05, 4.69) is 20.4 Å². The molecule has 26 heavy (non-hydrogen) atoms. The molecule has 1 aliphatic heterocycles. The Bertz CT molecular complexity index is 749. The fourth-order valence-corrected chi connectivity index (χ4v) is 3.82. The molecule has 0 spiro atoms. The second-order valence-corrected chi connectivity index (χ2v) is 7.35. The first-order valence-corrected chi connectivity index (χ1v) is 9.96. The van der Waals surface area contributed by atoms with Crippen LogP contribution in [0.5, 0.6) is 0 Å². The van der Waals surface area contributed by atoms with Gasteiger partial charge in [-0.3, -0.25) is 9.69 Å². The number of rotatable bonds is 6. The summed E-state index contributed by atoms with van der Waals surface area (Å²) in [5.41, 5.74) is 0.889. The Kier molecular flexibility index (Phi) is 6.26. The van der Waals surface area contributed by atoms with Gasteiger partial charge in [-0.2, -0.15) is 0 Å². The van der Waals surface area contributed by atoms with E-state index in [4.69, 9.17) is 0 Å². The quantitative estimate of drug-likeness (QED) is 0.782. The van der Waals surface area contributed by atoms with Gasteiger partial charge in [0.1, 0.15) is 11.6 Å². The van der Waals surface area contributed by atoms with Crippen molar-refractivity contribution in [2.24, 2.45) is 7.05 Å². The second kappa shape index (κ2) is 8.64. The molecule has 8 heteroatoms. The third-order valence-electron chi connectivity index (χ3n) is 4.69. The topological polar surface area (TPSA) is 63.1 Å². The van der Waals surface area contributed by atoms with Crippen molar-refractivity contribution in [3.05, 3.63) is 41.5 Å². The van der Waals surface area contributed by atoms with Crippen LogP contribution >= 0.6 is 11.8 Å². The molecule has 0 aliphatic carbocycles. The van der Waals surface area contributed by atoms with Crippen LogP contribution in [0.4, 0.5) is 4.39 Å². The predicted molar refractivity (Wildman–Crippen MR) is 99.4 cm³/mol. The number of nitrogens with one attached hydrogen (secondary N) is 1. The summed E-state index contributed by atoms with van der Waals surface area (Å²) in [6.07, 6.45) is 4.10. The number of carbonyl (C=O) groups excluding carboxylic acids is 1. The molecule has 1 N–H and O–H groups in total. The maximum Gasteiger partial charge on any atom is 0.234 e. The van der Waals surface area contributed by atoms with Crippen LogP contribution in [0.3, 0.4) is 0 Å². The summed E-state index contributed by atoms with van der Waals surface area (Å²) in [5.74, 6) is 1.00. The molecular weight excluding hydrogens is 353 g/mol. The minimum absolute atomic E-state index is 0.0160. The summed E-state index contributed by atoms with van der Waals surface area (Å²) in [7, 11) is 2.00. The largest absolute Gasteiger partial charge is 0.351 e. The van der Waals surface area contributed by atoms with E-state index in [1.807, 2.05) is 17.9 Å². The Morgan fingerprint density at radius 2 is 2.12 bits per heavy atom. The maximum absolute atomic E-state index is 12.9. The van der Waals surface area contributed by atoms with Gasteiger partial charge in [0.25, 0.3) is 0 Å². The van der Waals surface area contributed by atoms with Crippen LogP contribution in [0.2, 0.25) is 0 Å². The smallest absolute Gasteiger partial charge is 0.234 e. The van der Waals surface area contributed by atoms with Gasteiger partial charge in [0.15, 0.2) is 5.16 Å². The lowest BCUT2D eigenvalue weighted by atomic mass is 9.97. The van der Waals surface area contributed by atoms with Crippen molar-refractivity contribution in [2.45, 2.75) is 30.5 Å². The standard InChI is InChI=1S/C18H24FN5OS/c1-23-17(21-22-18(23)26-2)14-4-3-9-24(11-14)12-16(25)20-10-13-5-7-15(19)8-6-13/h5-8,14H,3-4,9-12H2,1-2H3,(H,20,25)/t14-/m0/s1. The van der Waals surface area contributed by atoms with Gasteiger partial charge in [-0.05, 0) is 43.3 Å². The lowest BCUT2D eigenvalue weighted by Gasteiger charge is -2.31. The van der Waals surface area contributed by atoms with Gasteiger partial charge in [0.2, 0.25) is 5.91 Å². The van der Waals surface area contributed by atoms with Crippen LogP contribution in [-0.4, -0.2) is 51.5 Å². The Morgan fingerprint density at radius 1 is 1.35 bits per heavy atom. The minimum atomic E-state index is -0.271. The molecule has 1 atom stereocenters. The average molecular weight is 377 g/mol. The van der Waals surface area contributed by atoms with Crippen molar-refractivity contribution >= 4 is 17.7 Å². The number of amides is 1. The highest BCUT2D eigenvalue weighted by Gasteiger charge is 2.26. The van der Waals surface area contributed by atoms with Crippen molar-refractivity contribution < 1.29 is 9.18 Å². The SMILES string of the molecule is CSc1nnc([C@H]2CCCN(CC(=O)NCc3ccc(F)cc3)C2)n1C. The van der Waals surface area contributed by atoms with E-state index >= 15 is 0 Å². The lowest BCUT2D eigenvalue weighted by Crippen LogP contribution is -2.42. The fourth-order valence-electron chi connectivity index (χ4n) is 3.33. The molecule has 140 valence electrons. The summed E-state index contributed by atoms with van der Waals surface area (Å²) in [6.45, 7) is 2.50. The first-order valence-electron chi connectivity index (χ1n) is 8.73. The van der Waals surface area contributed by atoms with E-state index in [0.29, 0.717) is 19.0 Å². The van der Waals surface area contributed by atoms with Gasteiger partial charge >= 0.3 is 0 Å². The zero-order chi connectivity index (χ0) is 18.5. The second-order valence-electron chi connectivity index (χ2n) is 6.58. The number of carbonyl (C=O) groups is 1. The first-order chi connectivity index (χ1) is 12.6. The van der Waals surface area contributed by atoms with Crippen LogP contribution in [0.15, 0.2) is 29.4 Å². The molecule has 1 aliphatic rings. The van der Waals surface area contributed by atoms with Gasteiger partial charge in [-0.1, -0.05) is 23.9 Å². The molecule has 1 aromatic heterocycles. The molecule has 1 saturated heterocycles. The molecule has 0 unspecified atom stereocenters. The molecule has 1 amide bonds. The number of benzene rings is 1. The fraction of sp³-hybridized carbons (Fsp3) is 0.500. The average Bonchev–Trinajstić information content (AvgIpc) is 3.02. The van der Waals surface area contributed by atoms with Crippen LogP contribution in [-0.2, 0) is 18.4 Å². The van der Waals surface area contributed by atoms with Crippen molar-refractivity contribution in [2.75, 3.05) is 25.9 Å². The molecule has 0 saturated carbocycles. The Labute approximate surface area is 157 Å². The number of aromatic nitrogens is 3. The van der Waals surface area contributed by atoms with E-state index in [9.17, 15) is 9.18 Å². The van der Waals surface area contributed by atoms with E-state index in [0.717, 1.165) is 42.5 Å². The number of halogens is 1. The number of hydrogen-bond donors (Lipinski definition) is 1. The molecular formula is C18H24FN5OS.